The van der Waals surface area contributed by atoms with Gasteiger partial charge < -0.3 is 19.1 Å². The maximum absolute atomic E-state index is 12.6. The number of hydrogen-bond acceptors (Lipinski definition) is 5. The Kier molecular flexibility index (Phi) is 7.21. The highest BCUT2D eigenvalue weighted by Gasteiger charge is 2.41. The SMILES string of the molecule is C=C1C=C(c2ccccc2Cl)OC2=C1C(C)CC(C)=C2[C@H]1CCN(C)C[C@H]1OC(=O)OC(C)(C)C. The molecule has 1 aromatic carbocycles. The van der Waals surface area contributed by atoms with Gasteiger partial charge in [0.1, 0.15) is 23.2 Å². The van der Waals surface area contributed by atoms with Crippen LogP contribution in [0.15, 0.2) is 65.0 Å². The molecule has 2 aliphatic heterocycles. The fraction of sp³-hybridized carbons (Fsp3) is 0.483. The molecular formula is C29H36ClNO4. The quantitative estimate of drug-likeness (QED) is 0.415. The molecule has 0 N–H and O–H groups in total. The summed E-state index contributed by atoms with van der Waals surface area (Å²) in [4.78, 5) is 14.8. The molecule has 0 amide bonds. The van der Waals surface area contributed by atoms with E-state index in [1.54, 1.807) is 0 Å². The summed E-state index contributed by atoms with van der Waals surface area (Å²) in [7, 11) is 2.05. The van der Waals surface area contributed by atoms with Gasteiger partial charge in [-0.1, -0.05) is 42.8 Å². The zero-order valence-corrected chi connectivity index (χ0v) is 22.4. The largest absolute Gasteiger partial charge is 0.509 e. The number of likely N-dealkylation sites (N-methyl/N-ethyl adjacent to an activating group) is 1. The predicted octanol–water partition coefficient (Wildman–Crippen LogP) is 7.15. The molecule has 0 radical (unpaired) electrons. The molecule has 1 aliphatic carbocycles. The summed E-state index contributed by atoms with van der Waals surface area (Å²) in [6, 6.07) is 7.68. The van der Waals surface area contributed by atoms with Crippen molar-refractivity contribution in [3.05, 3.63) is 75.6 Å². The van der Waals surface area contributed by atoms with Gasteiger partial charge in [-0.2, -0.15) is 0 Å². The normalized spacial score (nSPS) is 25.6. The maximum Gasteiger partial charge on any atom is 0.509 e. The van der Waals surface area contributed by atoms with Crippen LogP contribution in [0.3, 0.4) is 0 Å². The molecule has 0 aromatic heterocycles. The molecule has 1 saturated heterocycles. The van der Waals surface area contributed by atoms with Crippen molar-refractivity contribution in [2.75, 3.05) is 20.1 Å². The lowest BCUT2D eigenvalue weighted by atomic mass is 9.73. The average Bonchev–Trinajstić information content (AvgIpc) is 2.73. The molecule has 0 spiro atoms. The van der Waals surface area contributed by atoms with E-state index in [9.17, 15) is 4.79 Å². The summed E-state index contributed by atoms with van der Waals surface area (Å²) < 4.78 is 18.1. The van der Waals surface area contributed by atoms with Crippen LogP contribution in [0.5, 0.6) is 0 Å². The number of hydrogen-bond donors (Lipinski definition) is 0. The third kappa shape index (κ3) is 5.52. The van der Waals surface area contributed by atoms with E-state index >= 15 is 0 Å². The Morgan fingerprint density at radius 2 is 1.94 bits per heavy atom. The minimum absolute atomic E-state index is 0.00499. The van der Waals surface area contributed by atoms with Gasteiger partial charge in [0, 0.05) is 29.2 Å². The molecule has 5 nitrogen and oxygen atoms in total. The number of allylic oxidation sites excluding steroid dienone is 5. The molecule has 1 fully saturated rings. The Morgan fingerprint density at radius 1 is 1.23 bits per heavy atom. The lowest BCUT2D eigenvalue weighted by molar-refractivity contribution is -0.0519. The molecule has 3 aliphatic rings. The molecule has 1 aromatic rings. The van der Waals surface area contributed by atoms with Crippen LogP contribution >= 0.6 is 11.6 Å². The van der Waals surface area contributed by atoms with Gasteiger partial charge in [-0.05, 0) is 83.8 Å². The monoisotopic (exact) mass is 497 g/mol. The fourth-order valence-electron chi connectivity index (χ4n) is 5.38. The number of carbonyl (C=O) groups is 1. The van der Waals surface area contributed by atoms with E-state index in [-0.39, 0.29) is 17.9 Å². The number of benzene rings is 1. The summed E-state index contributed by atoms with van der Waals surface area (Å²) in [5.41, 5.74) is 4.67. The van der Waals surface area contributed by atoms with Crippen molar-refractivity contribution in [2.24, 2.45) is 11.8 Å². The zero-order chi connectivity index (χ0) is 25.5. The van der Waals surface area contributed by atoms with E-state index in [0.717, 1.165) is 47.4 Å². The van der Waals surface area contributed by atoms with E-state index in [1.165, 1.54) is 5.57 Å². The molecule has 188 valence electrons. The van der Waals surface area contributed by atoms with Gasteiger partial charge in [-0.3, -0.25) is 0 Å². The number of ether oxygens (including phenoxy) is 3. The number of likely N-dealkylation sites (tertiary alicyclic amines) is 1. The van der Waals surface area contributed by atoms with E-state index in [0.29, 0.717) is 17.3 Å². The van der Waals surface area contributed by atoms with Crippen molar-refractivity contribution in [1.82, 2.24) is 4.90 Å². The van der Waals surface area contributed by atoms with Crippen LogP contribution in [0.4, 0.5) is 4.79 Å². The first-order chi connectivity index (χ1) is 16.4. The van der Waals surface area contributed by atoms with Crippen molar-refractivity contribution in [2.45, 2.75) is 59.2 Å². The highest BCUT2D eigenvalue weighted by atomic mass is 35.5. The van der Waals surface area contributed by atoms with E-state index in [4.69, 9.17) is 25.8 Å². The van der Waals surface area contributed by atoms with Crippen LogP contribution in [0, 0.1) is 11.8 Å². The number of piperidine rings is 1. The van der Waals surface area contributed by atoms with Crippen LogP contribution < -0.4 is 0 Å². The van der Waals surface area contributed by atoms with Crippen molar-refractivity contribution in [3.63, 3.8) is 0 Å². The summed E-state index contributed by atoms with van der Waals surface area (Å²) in [5.74, 6) is 1.81. The Hall–Kier alpha value is -2.50. The Balaban J connectivity index is 1.70. The minimum atomic E-state index is -0.634. The van der Waals surface area contributed by atoms with Gasteiger partial charge in [0.05, 0.1) is 5.02 Å². The van der Waals surface area contributed by atoms with E-state index in [2.05, 4.69) is 25.3 Å². The van der Waals surface area contributed by atoms with Gasteiger partial charge in [0.25, 0.3) is 0 Å². The molecule has 1 unspecified atom stereocenters. The summed E-state index contributed by atoms with van der Waals surface area (Å²) in [5, 5.41) is 0.632. The molecule has 0 saturated carbocycles. The molecule has 4 rings (SSSR count). The smallest absolute Gasteiger partial charge is 0.456 e. The van der Waals surface area contributed by atoms with Crippen LogP contribution in [-0.4, -0.2) is 42.9 Å². The Bertz CT molecular complexity index is 1120. The van der Waals surface area contributed by atoms with Crippen molar-refractivity contribution < 1.29 is 19.0 Å². The third-order valence-electron chi connectivity index (χ3n) is 6.83. The topological polar surface area (TPSA) is 48.0 Å². The van der Waals surface area contributed by atoms with Crippen LogP contribution in [0.25, 0.3) is 5.76 Å². The van der Waals surface area contributed by atoms with Crippen LogP contribution in [0.1, 0.15) is 53.0 Å². The fourth-order valence-corrected chi connectivity index (χ4v) is 5.61. The van der Waals surface area contributed by atoms with Crippen LogP contribution in [0.2, 0.25) is 5.02 Å². The van der Waals surface area contributed by atoms with Gasteiger partial charge in [0.15, 0.2) is 0 Å². The molecule has 3 atom stereocenters. The van der Waals surface area contributed by atoms with Gasteiger partial charge in [-0.15, -0.1) is 0 Å². The summed E-state index contributed by atoms with van der Waals surface area (Å²) in [6.45, 7) is 15.8. The molecular weight excluding hydrogens is 462 g/mol. The number of carbonyl (C=O) groups excluding carboxylic acids is 1. The minimum Gasteiger partial charge on any atom is -0.456 e. The van der Waals surface area contributed by atoms with Crippen molar-refractivity contribution >= 4 is 23.5 Å². The number of nitrogens with zero attached hydrogens (tertiary/aromatic N) is 1. The first kappa shape index (κ1) is 25.6. The highest BCUT2D eigenvalue weighted by molar-refractivity contribution is 6.32. The van der Waals surface area contributed by atoms with Crippen molar-refractivity contribution in [1.29, 1.82) is 0 Å². The Morgan fingerprint density at radius 3 is 2.63 bits per heavy atom. The van der Waals surface area contributed by atoms with Crippen molar-refractivity contribution in [3.8, 4) is 0 Å². The maximum atomic E-state index is 12.6. The van der Waals surface area contributed by atoms with Crippen LogP contribution in [-0.2, 0) is 14.2 Å². The molecule has 35 heavy (non-hydrogen) atoms. The Labute approximate surface area is 214 Å². The lowest BCUT2D eigenvalue weighted by Gasteiger charge is -2.42. The van der Waals surface area contributed by atoms with E-state index < -0.39 is 11.8 Å². The van der Waals surface area contributed by atoms with Gasteiger partial charge >= 0.3 is 6.16 Å². The third-order valence-corrected chi connectivity index (χ3v) is 7.16. The van der Waals surface area contributed by atoms with Gasteiger partial charge in [0.2, 0.25) is 0 Å². The zero-order valence-electron chi connectivity index (χ0n) is 21.6. The number of halogens is 1. The first-order valence-electron chi connectivity index (χ1n) is 12.3. The summed E-state index contributed by atoms with van der Waals surface area (Å²) >= 11 is 6.52. The predicted molar refractivity (Wildman–Crippen MR) is 140 cm³/mol. The second-order valence-corrected chi connectivity index (χ2v) is 11.3. The average molecular weight is 498 g/mol. The molecule has 6 heteroatoms. The molecule has 0 bridgehead atoms. The molecule has 2 heterocycles. The van der Waals surface area contributed by atoms with Gasteiger partial charge in [-0.25, -0.2) is 4.79 Å². The van der Waals surface area contributed by atoms with E-state index in [1.807, 2.05) is 58.2 Å². The standard InChI is InChI=1S/C29H36ClNO4/c1-17-14-18(2)26(21-12-13-31(7)16-24(21)34-28(32)35-29(4,5)6)27-25(17)19(3)15-23(33-27)20-10-8-9-11-22(20)30/h8-11,15,17,21,24H,3,12-14,16H2,1-2,4-7H3/t17?,21-,24+/m0/s1. The second kappa shape index (κ2) is 9.87. The second-order valence-electron chi connectivity index (χ2n) is 10.9. The lowest BCUT2D eigenvalue weighted by Crippen LogP contribution is -2.46. The number of rotatable bonds is 3. The summed E-state index contributed by atoms with van der Waals surface area (Å²) in [6.07, 6.45) is 2.77. The highest BCUT2D eigenvalue weighted by Crippen LogP contribution is 2.48. The first-order valence-corrected chi connectivity index (χ1v) is 12.7.